The molecule has 0 aromatic carbocycles. The number of aromatic nitrogens is 1. The summed E-state index contributed by atoms with van der Waals surface area (Å²) in [6.45, 7) is 0. The van der Waals surface area contributed by atoms with Gasteiger partial charge in [-0.1, -0.05) is 5.16 Å². The first-order valence-corrected chi connectivity index (χ1v) is 4.10. The van der Waals surface area contributed by atoms with E-state index in [9.17, 15) is 5.11 Å². The molecular formula is C8H11NO3. The Bertz CT molecular complexity index is 234. The maximum absolute atomic E-state index is 9.20. The number of aliphatic hydroxyl groups excluding tert-OH is 1. The minimum Gasteiger partial charge on any atom is -0.368 e. The number of ether oxygens (including phenoxy) is 1. The molecule has 12 heavy (non-hydrogen) atoms. The van der Waals surface area contributed by atoms with Gasteiger partial charge in [-0.15, -0.1) is 0 Å². The molecule has 0 saturated carbocycles. The minimum absolute atomic E-state index is 0.0903. The van der Waals surface area contributed by atoms with Gasteiger partial charge in [0, 0.05) is 6.07 Å². The third-order valence-electron chi connectivity index (χ3n) is 2.03. The Morgan fingerprint density at radius 1 is 1.50 bits per heavy atom. The molecule has 0 amide bonds. The topological polar surface area (TPSA) is 55.5 Å². The van der Waals surface area contributed by atoms with Crippen LogP contribution < -0.4 is 0 Å². The Hall–Kier alpha value is -0.870. The van der Waals surface area contributed by atoms with E-state index in [0.29, 0.717) is 6.42 Å². The summed E-state index contributed by atoms with van der Waals surface area (Å²) in [5.74, 6) is 0. The standard InChI is InChI=1S/C8H11NO3/c10-8-3-1-2-7(12-8)6-4-5-11-9-6/h4-5,7-8,10H,1-3H2. The fraction of sp³-hybridized carbons (Fsp3) is 0.625. The molecule has 4 nitrogen and oxygen atoms in total. The van der Waals surface area contributed by atoms with E-state index in [1.165, 1.54) is 6.26 Å². The first-order chi connectivity index (χ1) is 5.86. The number of rotatable bonds is 1. The molecule has 2 heterocycles. The molecule has 1 aliphatic heterocycles. The number of aliphatic hydroxyl groups is 1. The van der Waals surface area contributed by atoms with Gasteiger partial charge in [-0.05, 0) is 19.3 Å². The summed E-state index contributed by atoms with van der Waals surface area (Å²) in [7, 11) is 0. The molecule has 1 aromatic rings. The predicted molar refractivity (Wildman–Crippen MR) is 40.2 cm³/mol. The molecule has 0 bridgehead atoms. The molecular weight excluding hydrogens is 158 g/mol. The van der Waals surface area contributed by atoms with Gasteiger partial charge in [0.25, 0.3) is 0 Å². The highest BCUT2D eigenvalue weighted by Gasteiger charge is 2.23. The molecule has 2 rings (SSSR count). The van der Waals surface area contributed by atoms with Gasteiger partial charge in [0.15, 0.2) is 6.29 Å². The molecule has 4 heteroatoms. The lowest BCUT2D eigenvalue weighted by Crippen LogP contribution is -2.21. The highest BCUT2D eigenvalue weighted by Crippen LogP contribution is 2.28. The van der Waals surface area contributed by atoms with E-state index < -0.39 is 6.29 Å². The molecule has 1 saturated heterocycles. The van der Waals surface area contributed by atoms with Crippen molar-refractivity contribution in [3.8, 4) is 0 Å². The average Bonchev–Trinajstić information content (AvgIpc) is 2.56. The summed E-state index contributed by atoms with van der Waals surface area (Å²) >= 11 is 0. The lowest BCUT2D eigenvalue weighted by molar-refractivity contribution is -0.166. The molecule has 1 aromatic heterocycles. The van der Waals surface area contributed by atoms with Crippen LogP contribution >= 0.6 is 0 Å². The van der Waals surface area contributed by atoms with Crippen molar-refractivity contribution in [2.75, 3.05) is 0 Å². The van der Waals surface area contributed by atoms with Crippen LogP contribution in [0.15, 0.2) is 16.9 Å². The van der Waals surface area contributed by atoms with Crippen molar-refractivity contribution in [2.45, 2.75) is 31.7 Å². The normalized spacial score (nSPS) is 30.4. The monoisotopic (exact) mass is 169 g/mol. The van der Waals surface area contributed by atoms with Crippen molar-refractivity contribution in [3.05, 3.63) is 18.0 Å². The summed E-state index contributed by atoms with van der Waals surface area (Å²) in [5, 5.41) is 13.0. The van der Waals surface area contributed by atoms with Gasteiger partial charge in [-0.3, -0.25) is 0 Å². The summed E-state index contributed by atoms with van der Waals surface area (Å²) in [6, 6.07) is 1.77. The SMILES string of the molecule is OC1CCCC(c2ccon2)O1. The van der Waals surface area contributed by atoms with Crippen molar-refractivity contribution in [2.24, 2.45) is 0 Å². The maximum Gasteiger partial charge on any atom is 0.155 e. The third kappa shape index (κ3) is 1.49. The van der Waals surface area contributed by atoms with Crippen LogP contribution in [-0.2, 0) is 4.74 Å². The van der Waals surface area contributed by atoms with Crippen molar-refractivity contribution in [1.29, 1.82) is 0 Å². The Labute approximate surface area is 70.1 Å². The lowest BCUT2D eigenvalue weighted by atomic mass is 10.1. The van der Waals surface area contributed by atoms with Gasteiger partial charge in [0.2, 0.25) is 0 Å². The van der Waals surface area contributed by atoms with Crippen LogP contribution in [0.25, 0.3) is 0 Å². The first kappa shape index (κ1) is 7.76. The van der Waals surface area contributed by atoms with Crippen LogP contribution in [-0.4, -0.2) is 16.6 Å². The minimum atomic E-state index is -0.638. The van der Waals surface area contributed by atoms with Gasteiger partial charge in [-0.2, -0.15) is 0 Å². The number of hydrogen-bond acceptors (Lipinski definition) is 4. The molecule has 0 aliphatic carbocycles. The third-order valence-corrected chi connectivity index (χ3v) is 2.03. The van der Waals surface area contributed by atoms with Crippen molar-refractivity contribution in [3.63, 3.8) is 0 Å². The first-order valence-electron chi connectivity index (χ1n) is 4.10. The lowest BCUT2D eigenvalue weighted by Gasteiger charge is -2.24. The van der Waals surface area contributed by atoms with Gasteiger partial charge >= 0.3 is 0 Å². The van der Waals surface area contributed by atoms with Crippen LogP contribution in [0.5, 0.6) is 0 Å². The molecule has 1 aliphatic rings. The van der Waals surface area contributed by atoms with E-state index in [1.54, 1.807) is 6.07 Å². The Morgan fingerprint density at radius 2 is 2.42 bits per heavy atom. The van der Waals surface area contributed by atoms with Gasteiger partial charge in [0.1, 0.15) is 18.1 Å². The van der Waals surface area contributed by atoms with Crippen molar-refractivity contribution >= 4 is 0 Å². The number of nitrogens with zero attached hydrogens (tertiary/aromatic N) is 1. The largest absolute Gasteiger partial charge is 0.368 e. The van der Waals surface area contributed by atoms with Crippen molar-refractivity contribution in [1.82, 2.24) is 5.16 Å². The molecule has 0 spiro atoms. The second-order valence-electron chi connectivity index (χ2n) is 2.93. The second kappa shape index (κ2) is 3.25. The smallest absolute Gasteiger partial charge is 0.155 e. The fourth-order valence-corrected chi connectivity index (χ4v) is 1.41. The van der Waals surface area contributed by atoms with E-state index in [4.69, 9.17) is 9.26 Å². The summed E-state index contributed by atoms with van der Waals surface area (Å²) in [6.07, 6.45) is 3.38. The quantitative estimate of drug-likeness (QED) is 0.687. The molecule has 66 valence electrons. The zero-order chi connectivity index (χ0) is 8.39. The van der Waals surface area contributed by atoms with Crippen LogP contribution in [0, 0.1) is 0 Å². The number of hydrogen-bond donors (Lipinski definition) is 1. The molecule has 0 radical (unpaired) electrons. The van der Waals surface area contributed by atoms with Crippen LogP contribution in [0.2, 0.25) is 0 Å². The molecule has 1 N–H and O–H groups in total. The highest BCUT2D eigenvalue weighted by atomic mass is 16.6. The Morgan fingerprint density at radius 3 is 3.08 bits per heavy atom. The van der Waals surface area contributed by atoms with Gasteiger partial charge in [0.05, 0.1) is 0 Å². The van der Waals surface area contributed by atoms with Gasteiger partial charge < -0.3 is 14.4 Å². The zero-order valence-corrected chi connectivity index (χ0v) is 6.64. The van der Waals surface area contributed by atoms with E-state index in [0.717, 1.165) is 18.5 Å². The molecule has 2 atom stereocenters. The second-order valence-corrected chi connectivity index (χ2v) is 2.93. The average molecular weight is 169 g/mol. The summed E-state index contributed by atoms with van der Waals surface area (Å²) in [5.41, 5.74) is 0.772. The van der Waals surface area contributed by atoms with E-state index in [1.807, 2.05) is 0 Å². The van der Waals surface area contributed by atoms with E-state index >= 15 is 0 Å². The van der Waals surface area contributed by atoms with Gasteiger partial charge in [-0.25, -0.2) is 0 Å². The Balaban J connectivity index is 2.04. The predicted octanol–water partition coefficient (Wildman–Crippen LogP) is 1.23. The van der Waals surface area contributed by atoms with Crippen molar-refractivity contribution < 1.29 is 14.4 Å². The molecule has 2 unspecified atom stereocenters. The summed E-state index contributed by atoms with van der Waals surface area (Å²) in [4.78, 5) is 0. The fourth-order valence-electron chi connectivity index (χ4n) is 1.41. The van der Waals surface area contributed by atoms with E-state index in [2.05, 4.69) is 5.16 Å². The molecule has 1 fully saturated rings. The van der Waals surface area contributed by atoms with Crippen LogP contribution in [0.1, 0.15) is 31.1 Å². The van der Waals surface area contributed by atoms with E-state index in [-0.39, 0.29) is 6.10 Å². The van der Waals surface area contributed by atoms with Crippen LogP contribution in [0.3, 0.4) is 0 Å². The van der Waals surface area contributed by atoms with Crippen LogP contribution in [0.4, 0.5) is 0 Å². The summed E-state index contributed by atoms with van der Waals surface area (Å²) < 4.78 is 9.96. The zero-order valence-electron chi connectivity index (χ0n) is 6.64. The maximum atomic E-state index is 9.20. The highest BCUT2D eigenvalue weighted by molar-refractivity contribution is 5.00. The Kier molecular flexibility index (Phi) is 2.10.